The number of anilines is 4. The summed E-state index contributed by atoms with van der Waals surface area (Å²) in [5.74, 6) is 1.61. The Bertz CT molecular complexity index is 672. The van der Waals surface area contributed by atoms with E-state index in [0.29, 0.717) is 23.2 Å². The largest absolute Gasteiger partial charge is 0.397 e. The highest BCUT2D eigenvalue weighted by atomic mass is 16.3. The summed E-state index contributed by atoms with van der Waals surface area (Å²) in [7, 11) is 0. The maximum atomic E-state index is 9.42. The van der Waals surface area contributed by atoms with Gasteiger partial charge in [-0.05, 0) is 43.0 Å². The van der Waals surface area contributed by atoms with Gasteiger partial charge < -0.3 is 21.5 Å². The molecule has 1 heterocycles. The highest BCUT2D eigenvalue weighted by Crippen LogP contribution is 2.26. The van der Waals surface area contributed by atoms with Gasteiger partial charge in [0.1, 0.15) is 18.0 Å². The monoisotopic (exact) mass is 315 g/mol. The molecule has 23 heavy (non-hydrogen) atoms. The van der Waals surface area contributed by atoms with E-state index in [1.807, 2.05) is 39.8 Å². The number of rotatable bonds is 6. The molecule has 0 saturated heterocycles. The van der Waals surface area contributed by atoms with E-state index in [1.54, 1.807) is 6.07 Å². The summed E-state index contributed by atoms with van der Waals surface area (Å²) in [6.45, 7) is 8.22. The van der Waals surface area contributed by atoms with Crippen molar-refractivity contribution in [3.63, 3.8) is 0 Å². The van der Waals surface area contributed by atoms with Crippen molar-refractivity contribution in [1.29, 1.82) is 0 Å². The van der Waals surface area contributed by atoms with Crippen LogP contribution in [0.2, 0.25) is 0 Å². The van der Waals surface area contributed by atoms with Crippen LogP contribution in [0.1, 0.15) is 25.0 Å². The zero-order valence-corrected chi connectivity index (χ0v) is 14.1. The smallest absolute Gasteiger partial charge is 0.135 e. The van der Waals surface area contributed by atoms with E-state index in [2.05, 4.69) is 20.6 Å². The Morgan fingerprint density at radius 3 is 2.39 bits per heavy atom. The van der Waals surface area contributed by atoms with Crippen molar-refractivity contribution in [2.24, 2.45) is 5.92 Å². The van der Waals surface area contributed by atoms with Crippen molar-refractivity contribution >= 4 is 23.0 Å². The third-order valence-electron chi connectivity index (χ3n) is 3.93. The van der Waals surface area contributed by atoms with E-state index in [9.17, 15) is 5.11 Å². The van der Waals surface area contributed by atoms with Gasteiger partial charge in [-0.25, -0.2) is 9.97 Å². The molecule has 1 aromatic heterocycles. The third kappa shape index (κ3) is 4.32. The molecule has 0 radical (unpaired) electrons. The van der Waals surface area contributed by atoms with E-state index >= 15 is 0 Å². The summed E-state index contributed by atoms with van der Waals surface area (Å²) in [5.41, 5.74) is 9.88. The first-order valence-corrected chi connectivity index (χ1v) is 7.74. The van der Waals surface area contributed by atoms with Gasteiger partial charge in [-0.15, -0.1) is 0 Å². The Morgan fingerprint density at radius 1 is 1.09 bits per heavy atom. The molecule has 2 aromatic rings. The second-order valence-electron chi connectivity index (χ2n) is 6.11. The summed E-state index contributed by atoms with van der Waals surface area (Å²) >= 11 is 0. The van der Waals surface area contributed by atoms with E-state index < -0.39 is 0 Å². The number of benzene rings is 1. The zero-order chi connectivity index (χ0) is 17.0. The fraction of sp³-hybridized carbons (Fsp3) is 0.412. The predicted octanol–water partition coefficient (Wildman–Crippen LogP) is 2.85. The van der Waals surface area contributed by atoms with Crippen LogP contribution in [0.5, 0.6) is 0 Å². The average molecular weight is 315 g/mol. The number of aliphatic hydroxyl groups is 1. The van der Waals surface area contributed by atoms with Crippen molar-refractivity contribution in [2.75, 3.05) is 23.0 Å². The molecule has 0 spiro atoms. The number of aliphatic hydroxyl groups excluding tert-OH is 1. The van der Waals surface area contributed by atoms with Crippen LogP contribution in [0.15, 0.2) is 24.5 Å². The molecular formula is C17H25N5O. The van der Waals surface area contributed by atoms with Gasteiger partial charge in [0.15, 0.2) is 0 Å². The zero-order valence-electron chi connectivity index (χ0n) is 14.1. The molecular weight excluding hydrogens is 290 g/mol. The second kappa shape index (κ2) is 7.28. The van der Waals surface area contributed by atoms with Crippen molar-refractivity contribution in [2.45, 2.75) is 33.7 Å². The molecule has 1 unspecified atom stereocenters. The first kappa shape index (κ1) is 17.0. The van der Waals surface area contributed by atoms with Gasteiger partial charge in [0.2, 0.25) is 0 Å². The molecule has 2 rings (SSSR count). The molecule has 0 aliphatic rings. The van der Waals surface area contributed by atoms with Crippen LogP contribution in [-0.4, -0.2) is 27.7 Å². The summed E-state index contributed by atoms with van der Waals surface area (Å²) in [4.78, 5) is 8.43. The molecule has 1 aromatic carbocycles. The number of aryl methyl sites for hydroxylation is 2. The summed E-state index contributed by atoms with van der Waals surface area (Å²) < 4.78 is 0. The van der Waals surface area contributed by atoms with E-state index in [0.717, 1.165) is 16.8 Å². The Labute approximate surface area is 137 Å². The quantitative estimate of drug-likeness (QED) is 0.612. The van der Waals surface area contributed by atoms with E-state index in [4.69, 9.17) is 5.73 Å². The number of nitrogens with one attached hydrogen (secondary N) is 2. The van der Waals surface area contributed by atoms with Crippen molar-refractivity contribution in [3.05, 3.63) is 35.7 Å². The van der Waals surface area contributed by atoms with Crippen LogP contribution in [0.3, 0.4) is 0 Å². The molecule has 0 aliphatic carbocycles. The number of hydrogen-bond donors (Lipinski definition) is 4. The average Bonchev–Trinajstić information content (AvgIpc) is 2.50. The Hall–Kier alpha value is -2.34. The molecule has 124 valence electrons. The van der Waals surface area contributed by atoms with Crippen LogP contribution in [0.4, 0.5) is 23.0 Å². The molecule has 0 saturated carbocycles. The Balaban J connectivity index is 2.19. The number of aromatic nitrogens is 2. The molecule has 1 atom stereocenters. The lowest BCUT2D eigenvalue weighted by molar-refractivity contribution is 0.249. The van der Waals surface area contributed by atoms with Gasteiger partial charge in [-0.3, -0.25) is 0 Å². The SMILES string of the molecule is Cc1cc(N)c(Nc2cc(NC(CO)C(C)C)ncn2)cc1C. The minimum atomic E-state index is -0.0514. The fourth-order valence-corrected chi connectivity index (χ4v) is 2.20. The van der Waals surface area contributed by atoms with Crippen molar-refractivity contribution in [3.8, 4) is 0 Å². The van der Waals surface area contributed by atoms with Crippen molar-refractivity contribution < 1.29 is 5.11 Å². The Morgan fingerprint density at radius 2 is 1.74 bits per heavy atom. The lowest BCUT2D eigenvalue weighted by Crippen LogP contribution is -2.29. The van der Waals surface area contributed by atoms with Gasteiger partial charge in [0.25, 0.3) is 0 Å². The van der Waals surface area contributed by atoms with E-state index in [1.165, 1.54) is 6.33 Å². The van der Waals surface area contributed by atoms with Crippen LogP contribution >= 0.6 is 0 Å². The first-order valence-electron chi connectivity index (χ1n) is 7.74. The number of hydrogen-bond acceptors (Lipinski definition) is 6. The highest BCUT2D eigenvalue weighted by molar-refractivity contribution is 5.73. The van der Waals surface area contributed by atoms with Gasteiger partial charge in [0.05, 0.1) is 24.0 Å². The van der Waals surface area contributed by atoms with Gasteiger partial charge >= 0.3 is 0 Å². The topological polar surface area (TPSA) is 96.1 Å². The number of nitrogens with two attached hydrogens (primary N) is 1. The van der Waals surface area contributed by atoms with Gasteiger partial charge in [-0.1, -0.05) is 13.8 Å². The van der Waals surface area contributed by atoms with Crippen LogP contribution in [0, 0.1) is 19.8 Å². The number of nitrogen functional groups attached to an aromatic ring is 1. The number of nitrogens with zero attached hydrogens (tertiary/aromatic N) is 2. The summed E-state index contributed by atoms with van der Waals surface area (Å²) in [5, 5.41) is 15.9. The second-order valence-corrected chi connectivity index (χ2v) is 6.11. The lowest BCUT2D eigenvalue weighted by atomic mass is 10.1. The summed E-state index contributed by atoms with van der Waals surface area (Å²) in [6, 6.07) is 5.70. The fourth-order valence-electron chi connectivity index (χ4n) is 2.20. The normalized spacial score (nSPS) is 12.3. The molecule has 6 heteroatoms. The minimum absolute atomic E-state index is 0.0501. The van der Waals surface area contributed by atoms with Crippen molar-refractivity contribution in [1.82, 2.24) is 9.97 Å². The minimum Gasteiger partial charge on any atom is -0.397 e. The molecule has 6 nitrogen and oxygen atoms in total. The summed E-state index contributed by atoms with van der Waals surface area (Å²) in [6.07, 6.45) is 1.48. The lowest BCUT2D eigenvalue weighted by Gasteiger charge is -2.20. The van der Waals surface area contributed by atoms with Crippen LogP contribution < -0.4 is 16.4 Å². The molecule has 0 bridgehead atoms. The third-order valence-corrected chi connectivity index (χ3v) is 3.93. The molecule has 0 amide bonds. The van der Waals surface area contributed by atoms with Gasteiger partial charge in [0, 0.05) is 6.07 Å². The van der Waals surface area contributed by atoms with Gasteiger partial charge in [-0.2, -0.15) is 0 Å². The van der Waals surface area contributed by atoms with Crippen LogP contribution in [0.25, 0.3) is 0 Å². The maximum absolute atomic E-state index is 9.42. The first-order chi connectivity index (χ1) is 10.9. The predicted molar refractivity (Wildman–Crippen MR) is 95.0 cm³/mol. The highest BCUT2D eigenvalue weighted by Gasteiger charge is 2.13. The van der Waals surface area contributed by atoms with E-state index in [-0.39, 0.29) is 12.6 Å². The standard InChI is InChI=1S/C17H25N5O/c1-10(2)15(8-23)22-17-7-16(19-9-20-17)21-14-6-12(4)11(3)5-13(14)18/h5-7,9-10,15,23H,8,18H2,1-4H3,(H2,19,20,21,22). The Kier molecular flexibility index (Phi) is 5.39. The molecule has 0 fully saturated rings. The molecule has 5 N–H and O–H groups in total. The van der Waals surface area contributed by atoms with Crippen LogP contribution in [-0.2, 0) is 0 Å². The molecule has 0 aliphatic heterocycles. The maximum Gasteiger partial charge on any atom is 0.135 e.